The Morgan fingerprint density at radius 2 is 1.81 bits per heavy atom. The summed E-state index contributed by atoms with van der Waals surface area (Å²) >= 11 is 0. The van der Waals surface area contributed by atoms with Crippen LogP contribution in [-0.2, 0) is 17.9 Å². The van der Waals surface area contributed by atoms with Crippen molar-refractivity contribution in [1.29, 1.82) is 0 Å². The van der Waals surface area contributed by atoms with Crippen LogP contribution in [0.4, 0.5) is 17.3 Å². The fourth-order valence-corrected chi connectivity index (χ4v) is 3.61. The highest BCUT2D eigenvalue weighted by Gasteiger charge is 2.26. The highest BCUT2D eigenvalue weighted by atomic mass is 16.7. The van der Waals surface area contributed by atoms with Gasteiger partial charge in [-0.05, 0) is 31.2 Å². The molecule has 0 bridgehead atoms. The van der Waals surface area contributed by atoms with Gasteiger partial charge in [-0.25, -0.2) is 4.68 Å². The van der Waals surface area contributed by atoms with Crippen molar-refractivity contribution in [3.63, 3.8) is 0 Å². The Morgan fingerprint density at radius 3 is 2.61 bits per heavy atom. The number of aryl methyl sites for hydroxylation is 1. The van der Waals surface area contributed by atoms with E-state index in [-0.39, 0.29) is 6.79 Å². The molecular weight excluding hydrogens is 402 g/mol. The van der Waals surface area contributed by atoms with Crippen molar-refractivity contribution in [3.8, 4) is 11.5 Å². The minimum Gasteiger partial charge on any atom is -0.454 e. The number of nitrogens with zero attached hydrogens (tertiary/aromatic N) is 4. The number of rotatable bonds is 4. The van der Waals surface area contributed by atoms with Crippen LogP contribution in [0.3, 0.4) is 0 Å². The number of hydrogen-bond acceptors (Lipinski definition) is 7. The third kappa shape index (κ3) is 3.41. The van der Waals surface area contributed by atoms with Gasteiger partial charge in [-0.2, -0.15) is 0 Å². The van der Waals surface area contributed by atoms with Gasteiger partial charge in [0.25, 0.3) is 0 Å². The molecule has 0 radical (unpaired) electrons. The molecule has 0 saturated carbocycles. The third-order valence-electron chi connectivity index (χ3n) is 5.20. The van der Waals surface area contributed by atoms with E-state index in [2.05, 4.69) is 10.4 Å². The SMILES string of the molecule is Cc1ccc(N2CCn3c2nn(CC(=O)Nc2ccc4c(c2)OCO4)c(=O)c3=O)cc1. The van der Waals surface area contributed by atoms with Crippen LogP contribution in [-0.4, -0.2) is 33.6 Å². The standard InChI is InChI=1S/C21H19N5O5/c1-13-2-5-15(6-3-13)24-8-9-25-19(28)20(29)26(23-21(24)25)11-18(27)22-14-4-7-16-17(10-14)31-12-30-16/h2-7,10H,8-9,11-12H2,1H3,(H,22,27). The maximum atomic E-state index is 12.6. The number of nitrogens with one attached hydrogen (secondary N) is 1. The van der Waals surface area contributed by atoms with Crippen LogP contribution in [0.5, 0.6) is 11.5 Å². The molecule has 0 unspecified atom stereocenters. The minimum absolute atomic E-state index is 0.128. The van der Waals surface area contributed by atoms with Gasteiger partial charge in [-0.3, -0.25) is 19.0 Å². The summed E-state index contributed by atoms with van der Waals surface area (Å²) in [5, 5.41) is 7.01. The molecule has 2 aliphatic rings. The summed E-state index contributed by atoms with van der Waals surface area (Å²) in [5.41, 5.74) is 0.921. The number of ether oxygens (including phenoxy) is 2. The number of amides is 1. The second-order valence-electron chi connectivity index (χ2n) is 7.32. The molecule has 3 aromatic rings. The van der Waals surface area contributed by atoms with Crippen LogP contribution < -0.4 is 30.8 Å². The molecule has 0 fully saturated rings. The zero-order valence-corrected chi connectivity index (χ0v) is 16.7. The Kier molecular flexibility index (Phi) is 4.46. The Morgan fingerprint density at radius 1 is 1.03 bits per heavy atom. The largest absolute Gasteiger partial charge is 0.454 e. The maximum absolute atomic E-state index is 12.6. The van der Waals surface area contributed by atoms with Gasteiger partial charge in [0.05, 0.1) is 0 Å². The van der Waals surface area contributed by atoms with Crippen LogP contribution in [0.1, 0.15) is 5.56 Å². The number of carbonyl (C=O) groups is 1. The Labute approximate surface area is 176 Å². The van der Waals surface area contributed by atoms with Gasteiger partial charge in [0, 0.05) is 30.5 Å². The van der Waals surface area contributed by atoms with Crippen LogP contribution in [0, 0.1) is 6.92 Å². The zero-order chi connectivity index (χ0) is 21.5. The molecule has 0 spiro atoms. The lowest BCUT2D eigenvalue weighted by atomic mass is 10.2. The van der Waals surface area contributed by atoms with Gasteiger partial charge in [-0.15, -0.1) is 5.10 Å². The number of anilines is 3. The normalized spacial score (nSPS) is 13.9. The van der Waals surface area contributed by atoms with Gasteiger partial charge in [0.2, 0.25) is 18.6 Å². The molecule has 1 amide bonds. The first kappa shape index (κ1) is 18.9. The average Bonchev–Trinajstić information content (AvgIpc) is 3.39. The lowest BCUT2D eigenvalue weighted by molar-refractivity contribution is -0.117. The average molecular weight is 421 g/mol. The number of aromatic nitrogens is 3. The first-order valence-electron chi connectivity index (χ1n) is 9.75. The molecule has 1 N–H and O–H groups in total. The quantitative estimate of drug-likeness (QED) is 0.632. The van der Waals surface area contributed by atoms with E-state index in [9.17, 15) is 14.4 Å². The van der Waals surface area contributed by atoms with Crippen LogP contribution >= 0.6 is 0 Å². The molecule has 10 heteroatoms. The molecule has 31 heavy (non-hydrogen) atoms. The van der Waals surface area contributed by atoms with E-state index in [1.54, 1.807) is 18.2 Å². The monoisotopic (exact) mass is 421 g/mol. The molecule has 2 aromatic carbocycles. The summed E-state index contributed by atoms with van der Waals surface area (Å²) in [6, 6.07) is 12.8. The summed E-state index contributed by atoms with van der Waals surface area (Å²) in [4.78, 5) is 39.5. The molecule has 3 heterocycles. The van der Waals surface area contributed by atoms with E-state index in [1.165, 1.54) is 4.57 Å². The fourth-order valence-electron chi connectivity index (χ4n) is 3.61. The molecule has 1 aromatic heterocycles. The maximum Gasteiger partial charge on any atom is 0.333 e. The van der Waals surface area contributed by atoms with Crippen molar-refractivity contribution in [1.82, 2.24) is 14.3 Å². The molecule has 0 atom stereocenters. The molecule has 5 rings (SSSR count). The lowest BCUT2D eigenvalue weighted by Crippen LogP contribution is -2.44. The Hall–Kier alpha value is -4.08. The molecule has 2 aliphatic heterocycles. The predicted molar refractivity (Wildman–Crippen MR) is 112 cm³/mol. The smallest absolute Gasteiger partial charge is 0.333 e. The Balaban J connectivity index is 1.41. The number of hydrogen-bond donors (Lipinski definition) is 1. The molecule has 0 aliphatic carbocycles. The van der Waals surface area contributed by atoms with E-state index in [0.717, 1.165) is 15.9 Å². The van der Waals surface area contributed by atoms with Gasteiger partial charge in [0.1, 0.15) is 6.54 Å². The van der Waals surface area contributed by atoms with Gasteiger partial charge in [0.15, 0.2) is 11.5 Å². The number of carbonyl (C=O) groups excluding carboxylic acids is 1. The van der Waals surface area contributed by atoms with Crippen molar-refractivity contribution in [3.05, 3.63) is 68.7 Å². The number of fused-ring (bicyclic) bond motifs is 2. The first-order valence-corrected chi connectivity index (χ1v) is 9.75. The van der Waals surface area contributed by atoms with E-state index in [1.807, 2.05) is 36.1 Å². The molecule has 10 nitrogen and oxygen atoms in total. The van der Waals surface area contributed by atoms with Crippen molar-refractivity contribution in [2.45, 2.75) is 20.0 Å². The van der Waals surface area contributed by atoms with Crippen LogP contribution in [0.25, 0.3) is 0 Å². The molecular formula is C21H19N5O5. The summed E-state index contributed by atoms with van der Waals surface area (Å²) in [6.45, 7) is 2.59. The zero-order valence-electron chi connectivity index (χ0n) is 16.7. The molecule has 0 saturated heterocycles. The summed E-state index contributed by atoms with van der Waals surface area (Å²) in [6.07, 6.45) is 0. The van der Waals surface area contributed by atoms with Crippen molar-refractivity contribution in [2.24, 2.45) is 0 Å². The predicted octanol–water partition coefficient (Wildman–Crippen LogP) is 1.23. The topological polar surface area (TPSA) is 108 Å². The minimum atomic E-state index is -0.838. The van der Waals surface area contributed by atoms with Crippen molar-refractivity contribution < 1.29 is 14.3 Å². The third-order valence-corrected chi connectivity index (χ3v) is 5.20. The van der Waals surface area contributed by atoms with E-state index >= 15 is 0 Å². The van der Waals surface area contributed by atoms with Gasteiger partial charge in [-0.1, -0.05) is 17.7 Å². The first-order chi connectivity index (χ1) is 15.0. The highest BCUT2D eigenvalue weighted by Crippen LogP contribution is 2.34. The Bertz CT molecular complexity index is 1290. The van der Waals surface area contributed by atoms with Gasteiger partial charge < -0.3 is 19.7 Å². The van der Waals surface area contributed by atoms with Crippen LogP contribution in [0.2, 0.25) is 0 Å². The number of benzene rings is 2. The summed E-state index contributed by atoms with van der Waals surface area (Å²) < 4.78 is 12.8. The van der Waals surface area contributed by atoms with E-state index in [0.29, 0.717) is 36.2 Å². The second kappa shape index (κ2) is 7.31. The van der Waals surface area contributed by atoms with Crippen molar-refractivity contribution in [2.75, 3.05) is 23.6 Å². The van der Waals surface area contributed by atoms with Gasteiger partial charge >= 0.3 is 11.1 Å². The van der Waals surface area contributed by atoms with Crippen molar-refractivity contribution >= 4 is 23.2 Å². The summed E-state index contributed by atoms with van der Waals surface area (Å²) in [7, 11) is 0. The van der Waals surface area contributed by atoms with Crippen LogP contribution in [0.15, 0.2) is 52.1 Å². The fraction of sp³-hybridized carbons (Fsp3) is 0.238. The lowest BCUT2D eigenvalue weighted by Gasteiger charge is -2.18. The second-order valence-corrected chi connectivity index (χ2v) is 7.32. The van der Waals surface area contributed by atoms with E-state index < -0.39 is 23.6 Å². The summed E-state index contributed by atoms with van der Waals surface area (Å²) in [5.74, 6) is 0.971. The highest BCUT2D eigenvalue weighted by molar-refractivity contribution is 5.90. The molecule has 158 valence electrons. The van der Waals surface area contributed by atoms with E-state index in [4.69, 9.17) is 9.47 Å².